The van der Waals surface area contributed by atoms with Gasteiger partial charge < -0.3 is 20.2 Å². The molecule has 3 aliphatic rings. The second-order valence-electron chi connectivity index (χ2n) is 9.85. The number of allylic oxidation sites excluding steroid dienone is 1. The van der Waals surface area contributed by atoms with Crippen LogP contribution in [0.4, 0.5) is 4.39 Å². The minimum absolute atomic E-state index is 0.201. The summed E-state index contributed by atoms with van der Waals surface area (Å²) in [5.74, 6) is 0.345. The molecule has 8 heteroatoms. The number of nitrogens with one attached hydrogen (secondary N) is 1. The van der Waals surface area contributed by atoms with Gasteiger partial charge in [-0.2, -0.15) is 0 Å². The number of piperazine rings is 1. The molecule has 0 bridgehead atoms. The number of aliphatic hydroxyl groups is 1. The zero-order valence-corrected chi connectivity index (χ0v) is 19.9. The first-order valence-electron chi connectivity index (χ1n) is 11.8. The first-order chi connectivity index (χ1) is 15.8. The van der Waals surface area contributed by atoms with Gasteiger partial charge in [-0.25, -0.2) is 4.39 Å². The van der Waals surface area contributed by atoms with Crippen LogP contribution in [0.5, 0.6) is 0 Å². The number of halogens is 1. The maximum atomic E-state index is 13.1. The standard InChI is InChI=1S/C25H36FN5O2/c1-18(13-28(2)3)14-29-9-4-10-30-16-22-23(32)11-20(15-31(22)17-24(29)30)25(33)27-12-19-5-7-21(26)8-6-19/h5-8,15,18,24,32H,4,9-14,16-17H2,1-3H3,(H,27,33). The summed E-state index contributed by atoms with van der Waals surface area (Å²) < 4.78 is 13.1. The van der Waals surface area contributed by atoms with Crippen molar-refractivity contribution < 1.29 is 14.3 Å². The molecule has 0 aliphatic carbocycles. The van der Waals surface area contributed by atoms with Gasteiger partial charge in [0, 0.05) is 57.5 Å². The Kier molecular flexibility index (Phi) is 7.36. The zero-order chi connectivity index (χ0) is 23.5. The van der Waals surface area contributed by atoms with Crippen LogP contribution in [0.3, 0.4) is 0 Å². The highest BCUT2D eigenvalue weighted by molar-refractivity contribution is 5.94. The average molecular weight is 458 g/mol. The summed E-state index contributed by atoms with van der Waals surface area (Å²) in [4.78, 5) is 22.1. The van der Waals surface area contributed by atoms with Crippen molar-refractivity contribution in [2.45, 2.75) is 32.5 Å². The van der Waals surface area contributed by atoms with Crippen molar-refractivity contribution in [3.05, 3.63) is 58.9 Å². The van der Waals surface area contributed by atoms with E-state index < -0.39 is 0 Å². The topological polar surface area (TPSA) is 62.3 Å². The Hall–Kier alpha value is -2.42. The highest BCUT2D eigenvalue weighted by atomic mass is 19.1. The summed E-state index contributed by atoms with van der Waals surface area (Å²) in [5.41, 5.74) is 2.29. The highest BCUT2D eigenvalue weighted by Gasteiger charge is 2.39. The molecule has 1 aromatic rings. The molecular formula is C25H36FN5O2. The van der Waals surface area contributed by atoms with Crippen LogP contribution < -0.4 is 5.32 Å². The third-order valence-corrected chi connectivity index (χ3v) is 6.68. The molecule has 4 rings (SSSR count). The Morgan fingerprint density at radius 3 is 2.76 bits per heavy atom. The van der Waals surface area contributed by atoms with Crippen LogP contribution in [0.15, 0.2) is 47.5 Å². The smallest absolute Gasteiger partial charge is 0.249 e. The van der Waals surface area contributed by atoms with E-state index in [1.165, 1.54) is 12.1 Å². The van der Waals surface area contributed by atoms with Crippen molar-refractivity contribution >= 4 is 5.91 Å². The second kappa shape index (κ2) is 10.2. The molecule has 1 aromatic carbocycles. The predicted octanol–water partition coefficient (Wildman–Crippen LogP) is 2.35. The molecular weight excluding hydrogens is 421 g/mol. The number of carbonyl (C=O) groups is 1. The van der Waals surface area contributed by atoms with Gasteiger partial charge in [0.1, 0.15) is 11.6 Å². The van der Waals surface area contributed by atoms with Crippen molar-refractivity contribution in [1.82, 2.24) is 24.9 Å². The molecule has 0 spiro atoms. The molecule has 33 heavy (non-hydrogen) atoms. The van der Waals surface area contributed by atoms with Crippen LogP contribution in [0.1, 0.15) is 25.3 Å². The molecule has 3 heterocycles. The molecule has 7 nitrogen and oxygen atoms in total. The second-order valence-corrected chi connectivity index (χ2v) is 9.85. The van der Waals surface area contributed by atoms with Gasteiger partial charge in [0.2, 0.25) is 5.91 Å². The van der Waals surface area contributed by atoms with Crippen molar-refractivity contribution in [2.75, 3.05) is 53.4 Å². The van der Waals surface area contributed by atoms with Crippen LogP contribution in [0, 0.1) is 11.7 Å². The molecule has 0 radical (unpaired) electrons. The van der Waals surface area contributed by atoms with Crippen LogP contribution in [-0.2, 0) is 11.3 Å². The number of amides is 1. The van der Waals surface area contributed by atoms with Crippen molar-refractivity contribution in [3.63, 3.8) is 0 Å². The number of fused-ring (bicyclic) bond motifs is 2. The van der Waals surface area contributed by atoms with Gasteiger partial charge in [0.25, 0.3) is 0 Å². The quantitative estimate of drug-likeness (QED) is 0.656. The fraction of sp³-hybridized carbons (Fsp3) is 0.560. The van der Waals surface area contributed by atoms with Gasteiger partial charge >= 0.3 is 0 Å². The summed E-state index contributed by atoms with van der Waals surface area (Å²) in [7, 11) is 4.22. The van der Waals surface area contributed by atoms with Gasteiger partial charge in [-0.05, 0) is 44.1 Å². The van der Waals surface area contributed by atoms with Crippen molar-refractivity contribution in [2.24, 2.45) is 5.92 Å². The van der Waals surface area contributed by atoms with Crippen LogP contribution in [0.25, 0.3) is 0 Å². The van der Waals surface area contributed by atoms with Crippen LogP contribution in [0.2, 0.25) is 0 Å². The summed E-state index contributed by atoms with van der Waals surface area (Å²) in [6.07, 6.45) is 3.55. The lowest BCUT2D eigenvalue weighted by molar-refractivity contribution is -0.118. The molecule has 2 fully saturated rings. The maximum absolute atomic E-state index is 13.1. The van der Waals surface area contributed by atoms with E-state index in [9.17, 15) is 14.3 Å². The van der Waals surface area contributed by atoms with Crippen LogP contribution >= 0.6 is 0 Å². The number of hydrogen-bond acceptors (Lipinski definition) is 6. The van der Waals surface area contributed by atoms with E-state index in [2.05, 4.69) is 45.9 Å². The van der Waals surface area contributed by atoms with Gasteiger partial charge in [0.15, 0.2) is 0 Å². The van der Waals surface area contributed by atoms with E-state index >= 15 is 0 Å². The molecule has 2 atom stereocenters. The molecule has 2 unspecified atom stereocenters. The summed E-state index contributed by atoms with van der Waals surface area (Å²) >= 11 is 0. The molecule has 180 valence electrons. The largest absolute Gasteiger partial charge is 0.510 e. The maximum Gasteiger partial charge on any atom is 0.249 e. The third kappa shape index (κ3) is 5.75. The van der Waals surface area contributed by atoms with Gasteiger partial charge in [-0.1, -0.05) is 19.1 Å². The lowest BCUT2D eigenvalue weighted by Crippen LogP contribution is -2.63. The average Bonchev–Trinajstić information content (AvgIpc) is 2.77. The number of benzene rings is 1. The van der Waals surface area contributed by atoms with E-state index in [0.29, 0.717) is 24.6 Å². The number of nitrogens with zero attached hydrogens (tertiary/aromatic N) is 4. The molecule has 0 saturated carbocycles. The Bertz CT molecular complexity index is 914. The van der Waals surface area contributed by atoms with Gasteiger partial charge in [-0.3, -0.25) is 14.6 Å². The minimum atomic E-state index is -0.297. The Morgan fingerprint density at radius 1 is 1.27 bits per heavy atom. The lowest BCUT2D eigenvalue weighted by atomic mass is 10.0. The fourth-order valence-corrected chi connectivity index (χ4v) is 5.23. The molecule has 3 aliphatic heterocycles. The number of carbonyl (C=O) groups excluding carboxylic acids is 1. The van der Waals surface area contributed by atoms with Crippen molar-refractivity contribution in [3.8, 4) is 0 Å². The predicted molar refractivity (Wildman–Crippen MR) is 127 cm³/mol. The first kappa shape index (κ1) is 23.7. The SMILES string of the molecule is CC(CN(C)C)CN1CCCN2CC3=C(O)CC(C(=O)NCc4ccc(F)cc4)=CN3CC21. The van der Waals surface area contributed by atoms with E-state index in [1.807, 2.05) is 6.20 Å². The van der Waals surface area contributed by atoms with Crippen molar-refractivity contribution in [1.29, 1.82) is 0 Å². The van der Waals surface area contributed by atoms with Gasteiger partial charge in [-0.15, -0.1) is 0 Å². The normalized spacial score (nSPS) is 22.6. The first-order valence-corrected chi connectivity index (χ1v) is 11.8. The van der Waals surface area contributed by atoms with Crippen LogP contribution in [-0.4, -0.2) is 90.1 Å². The Balaban J connectivity index is 1.42. The van der Waals surface area contributed by atoms with E-state index in [-0.39, 0.29) is 30.1 Å². The summed E-state index contributed by atoms with van der Waals surface area (Å²) in [6, 6.07) is 6.09. The zero-order valence-electron chi connectivity index (χ0n) is 19.9. The molecule has 1 amide bonds. The van der Waals surface area contributed by atoms with E-state index in [4.69, 9.17) is 0 Å². The number of aliphatic hydroxyl groups excluding tert-OH is 1. The molecule has 2 saturated heterocycles. The Morgan fingerprint density at radius 2 is 2.03 bits per heavy atom. The third-order valence-electron chi connectivity index (χ3n) is 6.68. The van der Waals surface area contributed by atoms with E-state index in [0.717, 1.165) is 50.4 Å². The lowest BCUT2D eigenvalue weighted by Gasteiger charge is -2.51. The number of rotatable bonds is 7. The highest BCUT2D eigenvalue weighted by Crippen LogP contribution is 2.32. The fourth-order valence-electron chi connectivity index (χ4n) is 5.23. The molecule has 2 N–H and O–H groups in total. The molecule has 0 aromatic heterocycles. The van der Waals surface area contributed by atoms with E-state index in [1.54, 1.807) is 12.1 Å². The van der Waals surface area contributed by atoms with Gasteiger partial charge in [0.05, 0.1) is 18.4 Å². The minimum Gasteiger partial charge on any atom is -0.510 e. The summed E-state index contributed by atoms with van der Waals surface area (Å²) in [6.45, 7) is 8.25. The number of hydrogen-bond donors (Lipinski definition) is 2. The monoisotopic (exact) mass is 457 g/mol. The Labute approximate surface area is 196 Å². The summed E-state index contributed by atoms with van der Waals surface area (Å²) in [5, 5.41) is 13.7.